The van der Waals surface area contributed by atoms with Crippen molar-refractivity contribution in [1.82, 2.24) is 4.90 Å². The molecule has 1 amide bonds. The van der Waals surface area contributed by atoms with Crippen LogP contribution in [0.1, 0.15) is 18.9 Å². The lowest BCUT2D eigenvalue weighted by Gasteiger charge is -2.32. The quantitative estimate of drug-likeness (QED) is 0.899. The maximum Gasteiger partial charge on any atom is 0.334 e. The molecule has 1 saturated heterocycles. The van der Waals surface area contributed by atoms with Crippen LogP contribution in [0.4, 0.5) is 4.39 Å². The number of carboxylic acid groups (broad SMARTS) is 1. The van der Waals surface area contributed by atoms with Gasteiger partial charge >= 0.3 is 5.97 Å². The van der Waals surface area contributed by atoms with E-state index in [0.29, 0.717) is 19.4 Å². The van der Waals surface area contributed by atoms with Crippen LogP contribution in [-0.2, 0) is 20.7 Å². The standard InChI is InChI=1S/C16H20FNO4/c1-11(5-6-12-3-2-4-13(17)9-12)15(19)18-7-8-22-14(10-18)16(20)21/h2-4,9,11,14H,5-8,10H2,1H3,(H,20,21)/t11-,14-/m1/s1. The third kappa shape index (κ3) is 4.27. The monoisotopic (exact) mass is 309 g/mol. The number of hydrogen-bond acceptors (Lipinski definition) is 3. The van der Waals surface area contributed by atoms with E-state index < -0.39 is 12.1 Å². The number of amides is 1. The van der Waals surface area contributed by atoms with Gasteiger partial charge in [-0.1, -0.05) is 19.1 Å². The van der Waals surface area contributed by atoms with Crippen LogP contribution < -0.4 is 0 Å². The molecule has 1 fully saturated rings. The van der Waals surface area contributed by atoms with E-state index in [1.54, 1.807) is 11.0 Å². The lowest BCUT2D eigenvalue weighted by atomic mass is 9.99. The highest BCUT2D eigenvalue weighted by Gasteiger charge is 2.30. The Labute approximate surface area is 128 Å². The fraction of sp³-hybridized carbons (Fsp3) is 0.500. The van der Waals surface area contributed by atoms with Crippen LogP contribution in [0, 0.1) is 11.7 Å². The van der Waals surface area contributed by atoms with Crippen molar-refractivity contribution in [2.75, 3.05) is 19.7 Å². The van der Waals surface area contributed by atoms with E-state index >= 15 is 0 Å². The Hall–Kier alpha value is -1.95. The van der Waals surface area contributed by atoms with Gasteiger partial charge in [0, 0.05) is 12.5 Å². The van der Waals surface area contributed by atoms with Gasteiger partial charge in [0.1, 0.15) is 5.82 Å². The molecule has 0 aliphatic carbocycles. The van der Waals surface area contributed by atoms with Crippen LogP contribution in [0.2, 0.25) is 0 Å². The summed E-state index contributed by atoms with van der Waals surface area (Å²) in [7, 11) is 0. The minimum atomic E-state index is -1.05. The molecule has 6 heteroatoms. The molecule has 120 valence electrons. The molecule has 0 bridgehead atoms. The third-order valence-corrected chi connectivity index (χ3v) is 3.83. The summed E-state index contributed by atoms with van der Waals surface area (Å²) in [5.74, 6) is -1.65. The van der Waals surface area contributed by atoms with E-state index in [4.69, 9.17) is 9.84 Å². The molecule has 1 N–H and O–H groups in total. The van der Waals surface area contributed by atoms with E-state index in [2.05, 4.69) is 0 Å². The Morgan fingerprint density at radius 1 is 1.50 bits per heavy atom. The first kappa shape index (κ1) is 16.4. The number of ether oxygens (including phenoxy) is 1. The van der Waals surface area contributed by atoms with Crippen molar-refractivity contribution < 1.29 is 23.8 Å². The van der Waals surface area contributed by atoms with Gasteiger partial charge in [0.15, 0.2) is 6.10 Å². The molecule has 1 aromatic carbocycles. The van der Waals surface area contributed by atoms with Crippen LogP contribution in [-0.4, -0.2) is 47.7 Å². The highest BCUT2D eigenvalue weighted by Crippen LogP contribution is 2.15. The number of hydrogen-bond donors (Lipinski definition) is 1. The molecule has 1 aliphatic heterocycles. The molecule has 2 rings (SSSR count). The minimum Gasteiger partial charge on any atom is -0.479 e. The summed E-state index contributed by atoms with van der Waals surface area (Å²) in [4.78, 5) is 24.8. The fourth-order valence-corrected chi connectivity index (χ4v) is 2.51. The van der Waals surface area contributed by atoms with E-state index in [-0.39, 0.29) is 30.8 Å². The minimum absolute atomic E-state index is 0.0778. The Morgan fingerprint density at radius 3 is 2.95 bits per heavy atom. The molecule has 0 unspecified atom stereocenters. The second-order valence-electron chi connectivity index (χ2n) is 5.55. The number of halogens is 1. The molecule has 0 spiro atoms. The molecule has 1 heterocycles. The molecule has 0 saturated carbocycles. The first-order valence-electron chi connectivity index (χ1n) is 7.35. The summed E-state index contributed by atoms with van der Waals surface area (Å²) in [6, 6.07) is 6.33. The van der Waals surface area contributed by atoms with Gasteiger partial charge in [-0.25, -0.2) is 9.18 Å². The molecule has 2 atom stereocenters. The third-order valence-electron chi connectivity index (χ3n) is 3.83. The normalized spacial score (nSPS) is 19.7. The predicted octanol–water partition coefficient (Wildman–Crippen LogP) is 1.71. The topological polar surface area (TPSA) is 66.8 Å². The number of carbonyl (C=O) groups excluding carboxylic acids is 1. The number of aryl methyl sites for hydroxylation is 1. The highest BCUT2D eigenvalue weighted by molar-refractivity contribution is 5.80. The smallest absolute Gasteiger partial charge is 0.334 e. The second-order valence-corrected chi connectivity index (χ2v) is 5.55. The summed E-state index contributed by atoms with van der Waals surface area (Å²) in [6.07, 6.45) is 0.252. The Kier molecular flexibility index (Phi) is 5.49. The van der Waals surface area contributed by atoms with Gasteiger partial charge < -0.3 is 14.7 Å². The van der Waals surface area contributed by atoms with Gasteiger partial charge in [0.2, 0.25) is 5.91 Å². The first-order valence-corrected chi connectivity index (χ1v) is 7.35. The summed E-state index contributed by atoms with van der Waals surface area (Å²) >= 11 is 0. The summed E-state index contributed by atoms with van der Waals surface area (Å²) in [5, 5.41) is 8.96. The lowest BCUT2D eigenvalue weighted by Crippen LogP contribution is -2.50. The first-order chi connectivity index (χ1) is 10.5. The van der Waals surface area contributed by atoms with Gasteiger partial charge in [-0.2, -0.15) is 0 Å². The Balaban J connectivity index is 1.87. The highest BCUT2D eigenvalue weighted by atomic mass is 19.1. The zero-order chi connectivity index (χ0) is 16.1. The van der Waals surface area contributed by atoms with Crippen molar-refractivity contribution in [2.24, 2.45) is 5.92 Å². The van der Waals surface area contributed by atoms with Crippen molar-refractivity contribution in [2.45, 2.75) is 25.9 Å². The van der Waals surface area contributed by atoms with E-state index in [9.17, 15) is 14.0 Å². The van der Waals surface area contributed by atoms with E-state index in [0.717, 1.165) is 5.56 Å². The number of carbonyl (C=O) groups is 2. The number of rotatable bonds is 5. The van der Waals surface area contributed by atoms with Gasteiger partial charge in [0.05, 0.1) is 13.2 Å². The SMILES string of the molecule is C[C@H](CCc1cccc(F)c1)C(=O)N1CCO[C@@H](C(=O)O)C1. The Morgan fingerprint density at radius 2 is 2.27 bits per heavy atom. The van der Waals surface area contributed by atoms with Crippen molar-refractivity contribution in [3.63, 3.8) is 0 Å². The molecule has 22 heavy (non-hydrogen) atoms. The molecule has 1 aliphatic rings. The number of benzene rings is 1. The molecule has 5 nitrogen and oxygen atoms in total. The molecule has 0 radical (unpaired) electrons. The van der Waals surface area contributed by atoms with E-state index in [1.807, 2.05) is 13.0 Å². The van der Waals surface area contributed by atoms with Crippen LogP contribution >= 0.6 is 0 Å². The Bertz CT molecular complexity index is 549. The zero-order valence-corrected chi connectivity index (χ0v) is 12.5. The number of aliphatic carboxylic acids is 1. The average Bonchev–Trinajstić information content (AvgIpc) is 2.52. The van der Waals surface area contributed by atoms with Gasteiger partial charge in [-0.05, 0) is 30.5 Å². The van der Waals surface area contributed by atoms with Gasteiger partial charge in [0.25, 0.3) is 0 Å². The number of nitrogens with zero attached hydrogens (tertiary/aromatic N) is 1. The van der Waals surface area contributed by atoms with Gasteiger partial charge in [-0.3, -0.25) is 4.79 Å². The van der Waals surface area contributed by atoms with Crippen LogP contribution in [0.5, 0.6) is 0 Å². The van der Waals surface area contributed by atoms with Crippen molar-refractivity contribution in [3.05, 3.63) is 35.6 Å². The van der Waals surface area contributed by atoms with Crippen LogP contribution in [0.3, 0.4) is 0 Å². The average molecular weight is 309 g/mol. The number of morpholine rings is 1. The molecule has 1 aromatic rings. The lowest BCUT2D eigenvalue weighted by molar-refractivity contribution is -0.160. The summed E-state index contributed by atoms with van der Waals surface area (Å²) in [6.45, 7) is 2.54. The second kappa shape index (κ2) is 7.35. The van der Waals surface area contributed by atoms with Gasteiger partial charge in [-0.15, -0.1) is 0 Å². The van der Waals surface area contributed by atoms with Crippen molar-refractivity contribution >= 4 is 11.9 Å². The molecule has 0 aromatic heterocycles. The largest absolute Gasteiger partial charge is 0.479 e. The zero-order valence-electron chi connectivity index (χ0n) is 12.5. The summed E-state index contributed by atoms with van der Waals surface area (Å²) < 4.78 is 18.2. The molecular formula is C16H20FNO4. The summed E-state index contributed by atoms with van der Waals surface area (Å²) in [5.41, 5.74) is 0.852. The van der Waals surface area contributed by atoms with Crippen molar-refractivity contribution in [1.29, 1.82) is 0 Å². The van der Waals surface area contributed by atoms with Crippen LogP contribution in [0.15, 0.2) is 24.3 Å². The van der Waals surface area contributed by atoms with Crippen molar-refractivity contribution in [3.8, 4) is 0 Å². The molecular weight excluding hydrogens is 289 g/mol. The number of carboxylic acids is 1. The predicted molar refractivity (Wildman–Crippen MR) is 77.8 cm³/mol. The maximum atomic E-state index is 13.1. The maximum absolute atomic E-state index is 13.1. The fourth-order valence-electron chi connectivity index (χ4n) is 2.51. The van der Waals surface area contributed by atoms with Crippen LogP contribution in [0.25, 0.3) is 0 Å². The van der Waals surface area contributed by atoms with E-state index in [1.165, 1.54) is 12.1 Å².